The average Bonchev–Trinajstić information content (AvgIpc) is 2.36. The minimum atomic E-state index is -0.0771. The highest BCUT2D eigenvalue weighted by atomic mass is 35.5. The third kappa shape index (κ3) is 4.58. The molecule has 2 heterocycles. The maximum Gasteiger partial charge on any atom is 0.270 e. The number of carbonyl (C=O) groups is 1. The Morgan fingerprint density at radius 1 is 1.18 bits per heavy atom. The Bertz CT molecular complexity index is 473. The van der Waals surface area contributed by atoms with Crippen LogP contribution in [0.1, 0.15) is 51.0 Å². The first kappa shape index (κ1) is 21.2. The SMILES string of the molecule is CN1C(C)(C)CC(NC(=O)c2ccccn2)CC1(C)C.Cl.Cl. The molecule has 6 heteroatoms. The molecule has 1 aliphatic heterocycles. The number of aromatic nitrogens is 1. The van der Waals surface area contributed by atoms with Gasteiger partial charge in [0.05, 0.1) is 0 Å². The number of pyridine rings is 1. The van der Waals surface area contributed by atoms with E-state index in [-0.39, 0.29) is 47.8 Å². The number of amides is 1. The number of hydrogen-bond donors (Lipinski definition) is 1. The van der Waals surface area contributed by atoms with Crippen LogP contribution in [0.3, 0.4) is 0 Å². The van der Waals surface area contributed by atoms with Crippen molar-refractivity contribution in [3.05, 3.63) is 30.1 Å². The molecule has 2 rings (SSSR count). The summed E-state index contributed by atoms with van der Waals surface area (Å²) < 4.78 is 0. The summed E-state index contributed by atoms with van der Waals surface area (Å²) in [6.07, 6.45) is 3.55. The Hall–Kier alpha value is -0.840. The van der Waals surface area contributed by atoms with Crippen LogP contribution in [0, 0.1) is 0 Å². The number of hydrogen-bond acceptors (Lipinski definition) is 3. The molecular formula is C16H27Cl2N3O. The summed E-state index contributed by atoms with van der Waals surface area (Å²) in [7, 11) is 2.16. The Labute approximate surface area is 145 Å². The highest BCUT2D eigenvalue weighted by molar-refractivity contribution is 5.92. The molecule has 4 nitrogen and oxygen atoms in total. The Morgan fingerprint density at radius 2 is 1.73 bits per heavy atom. The van der Waals surface area contributed by atoms with E-state index >= 15 is 0 Å². The summed E-state index contributed by atoms with van der Waals surface area (Å²) in [6.45, 7) is 8.92. The molecule has 0 atom stereocenters. The normalized spacial score (nSPS) is 20.4. The van der Waals surface area contributed by atoms with Crippen molar-refractivity contribution in [3.63, 3.8) is 0 Å². The second-order valence-electron chi connectivity index (χ2n) is 6.98. The van der Waals surface area contributed by atoms with E-state index in [1.165, 1.54) is 0 Å². The lowest BCUT2D eigenvalue weighted by atomic mass is 9.77. The second kappa shape index (κ2) is 7.62. The number of likely N-dealkylation sites (tertiary alicyclic amines) is 1. The molecule has 0 aliphatic carbocycles. The molecule has 0 bridgehead atoms. The maximum absolute atomic E-state index is 12.2. The zero-order valence-corrected chi connectivity index (χ0v) is 15.6. The zero-order chi connectivity index (χ0) is 15.0. The molecule has 1 saturated heterocycles. The summed E-state index contributed by atoms with van der Waals surface area (Å²) in [5, 5.41) is 3.14. The van der Waals surface area contributed by atoms with E-state index in [1.807, 2.05) is 12.1 Å². The molecule has 0 unspecified atom stereocenters. The van der Waals surface area contributed by atoms with Crippen molar-refractivity contribution in [3.8, 4) is 0 Å². The van der Waals surface area contributed by atoms with Gasteiger partial charge in [-0.15, -0.1) is 24.8 Å². The van der Waals surface area contributed by atoms with Gasteiger partial charge in [-0.05, 0) is 59.7 Å². The van der Waals surface area contributed by atoms with Gasteiger partial charge in [-0.3, -0.25) is 14.7 Å². The predicted octanol–water partition coefficient (Wildman–Crippen LogP) is 3.31. The molecule has 1 aromatic heterocycles. The molecule has 1 amide bonds. The number of rotatable bonds is 2. The zero-order valence-electron chi connectivity index (χ0n) is 13.9. The van der Waals surface area contributed by atoms with Gasteiger partial charge in [-0.2, -0.15) is 0 Å². The number of piperidine rings is 1. The third-order valence-electron chi connectivity index (χ3n) is 4.54. The largest absolute Gasteiger partial charge is 0.348 e. The minimum absolute atomic E-state index is 0. The first-order valence-electron chi connectivity index (χ1n) is 7.18. The quantitative estimate of drug-likeness (QED) is 0.892. The summed E-state index contributed by atoms with van der Waals surface area (Å²) in [5.74, 6) is -0.0771. The molecule has 0 aromatic carbocycles. The lowest BCUT2D eigenvalue weighted by Gasteiger charge is -2.53. The van der Waals surface area contributed by atoms with E-state index in [0.717, 1.165) is 12.8 Å². The van der Waals surface area contributed by atoms with Gasteiger partial charge < -0.3 is 5.32 Å². The molecular weight excluding hydrogens is 321 g/mol. The lowest BCUT2D eigenvalue weighted by molar-refractivity contribution is -0.0169. The van der Waals surface area contributed by atoms with Crippen LogP contribution in [-0.2, 0) is 0 Å². The fourth-order valence-electron chi connectivity index (χ4n) is 3.23. The van der Waals surface area contributed by atoms with Crippen molar-refractivity contribution in [2.24, 2.45) is 0 Å². The van der Waals surface area contributed by atoms with Crippen LogP contribution < -0.4 is 5.32 Å². The molecule has 1 N–H and O–H groups in total. The van der Waals surface area contributed by atoms with Crippen LogP contribution in [0.15, 0.2) is 24.4 Å². The van der Waals surface area contributed by atoms with Gasteiger partial charge >= 0.3 is 0 Å². The van der Waals surface area contributed by atoms with E-state index in [2.05, 4.69) is 49.9 Å². The fraction of sp³-hybridized carbons (Fsp3) is 0.625. The Balaban J connectivity index is 0.00000220. The van der Waals surface area contributed by atoms with Crippen molar-refractivity contribution < 1.29 is 4.79 Å². The number of carbonyl (C=O) groups excluding carboxylic acids is 1. The van der Waals surface area contributed by atoms with Gasteiger partial charge in [-0.25, -0.2) is 0 Å². The highest BCUT2D eigenvalue weighted by Crippen LogP contribution is 2.36. The van der Waals surface area contributed by atoms with E-state index in [4.69, 9.17) is 0 Å². The third-order valence-corrected chi connectivity index (χ3v) is 4.54. The Kier molecular flexibility index (Phi) is 7.33. The molecule has 0 radical (unpaired) electrons. The molecule has 1 aliphatic rings. The molecule has 1 fully saturated rings. The van der Waals surface area contributed by atoms with E-state index in [9.17, 15) is 4.79 Å². The van der Waals surface area contributed by atoms with Crippen LogP contribution in [0.25, 0.3) is 0 Å². The summed E-state index contributed by atoms with van der Waals surface area (Å²) in [4.78, 5) is 18.7. The van der Waals surface area contributed by atoms with Crippen molar-refractivity contribution in [1.82, 2.24) is 15.2 Å². The molecule has 0 saturated carbocycles. The standard InChI is InChI=1S/C16H25N3O.2ClH/c1-15(2)10-12(11-16(3,4)19(15)5)18-14(20)13-8-6-7-9-17-13;;/h6-9,12H,10-11H2,1-5H3,(H,18,20);2*1H. The van der Waals surface area contributed by atoms with Crippen LogP contribution in [0.5, 0.6) is 0 Å². The monoisotopic (exact) mass is 347 g/mol. The number of nitrogens with zero attached hydrogens (tertiary/aromatic N) is 2. The van der Waals surface area contributed by atoms with Crippen LogP contribution in [0.4, 0.5) is 0 Å². The number of halogens is 2. The van der Waals surface area contributed by atoms with E-state index in [1.54, 1.807) is 12.3 Å². The minimum Gasteiger partial charge on any atom is -0.348 e. The van der Waals surface area contributed by atoms with Gasteiger partial charge in [0.25, 0.3) is 5.91 Å². The number of nitrogens with one attached hydrogen (secondary N) is 1. The van der Waals surface area contributed by atoms with Gasteiger partial charge in [0.1, 0.15) is 5.69 Å². The van der Waals surface area contributed by atoms with Crippen molar-refractivity contribution in [2.45, 2.75) is 57.7 Å². The van der Waals surface area contributed by atoms with Gasteiger partial charge in [0.15, 0.2) is 0 Å². The molecule has 0 spiro atoms. The summed E-state index contributed by atoms with van der Waals surface area (Å²) >= 11 is 0. The lowest BCUT2D eigenvalue weighted by Crippen LogP contribution is -2.62. The van der Waals surface area contributed by atoms with Crippen LogP contribution in [-0.4, -0.2) is 40.0 Å². The predicted molar refractivity (Wildman–Crippen MR) is 95.1 cm³/mol. The van der Waals surface area contributed by atoms with Crippen LogP contribution >= 0.6 is 24.8 Å². The molecule has 22 heavy (non-hydrogen) atoms. The second-order valence-corrected chi connectivity index (χ2v) is 6.98. The maximum atomic E-state index is 12.2. The van der Waals surface area contributed by atoms with Crippen molar-refractivity contribution >= 4 is 30.7 Å². The first-order valence-corrected chi connectivity index (χ1v) is 7.18. The van der Waals surface area contributed by atoms with Gasteiger partial charge in [0, 0.05) is 23.3 Å². The Morgan fingerprint density at radius 3 is 2.18 bits per heavy atom. The fourth-order valence-corrected chi connectivity index (χ4v) is 3.23. The highest BCUT2D eigenvalue weighted by Gasteiger charge is 2.43. The van der Waals surface area contributed by atoms with Crippen molar-refractivity contribution in [1.29, 1.82) is 0 Å². The van der Waals surface area contributed by atoms with E-state index < -0.39 is 0 Å². The smallest absolute Gasteiger partial charge is 0.270 e. The van der Waals surface area contributed by atoms with Gasteiger partial charge in [-0.1, -0.05) is 6.07 Å². The van der Waals surface area contributed by atoms with Crippen LogP contribution in [0.2, 0.25) is 0 Å². The first-order chi connectivity index (χ1) is 9.22. The average molecular weight is 348 g/mol. The van der Waals surface area contributed by atoms with Gasteiger partial charge in [0.2, 0.25) is 0 Å². The summed E-state index contributed by atoms with van der Waals surface area (Å²) in [6, 6.07) is 5.59. The summed E-state index contributed by atoms with van der Waals surface area (Å²) in [5.41, 5.74) is 0.634. The molecule has 1 aromatic rings. The van der Waals surface area contributed by atoms with E-state index in [0.29, 0.717) is 5.69 Å². The molecule has 126 valence electrons. The topological polar surface area (TPSA) is 45.2 Å². The van der Waals surface area contributed by atoms with Crippen molar-refractivity contribution in [2.75, 3.05) is 7.05 Å².